The molecule has 4 nitrogen and oxygen atoms in total. The van der Waals surface area contributed by atoms with E-state index < -0.39 is 0 Å². The SMILES string of the molecule is Cc1cccc(OCC(=O)NCCC#N)c1C. The topological polar surface area (TPSA) is 62.1 Å². The third-order valence-corrected chi connectivity index (χ3v) is 2.47. The number of carbonyl (C=O) groups excluding carboxylic acids is 1. The standard InChI is InChI=1S/C13H16N2O2/c1-10-5-3-6-12(11(10)2)17-9-13(16)15-8-4-7-14/h3,5-6H,4,8-9H2,1-2H3,(H,15,16). The van der Waals surface area contributed by atoms with E-state index in [1.54, 1.807) is 0 Å². The zero-order valence-corrected chi connectivity index (χ0v) is 10.1. The van der Waals surface area contributed by atoms with Crippen LogP contribution >= 0.6 is 0 Å². The summed E-state index contributed by atoms with van der Waals surface area (Å²) in [7, 11) is 0. The molecule has 0 aliphatic rings. The lowest BCUT2D eigenvalue weighted by Crippen LogP contribution is -2.29. The van der Waals surface area contributed by atoms with Crippen LogP contribution in [0.5, 0.6) is 5.75 Å². The van der Waals surface area contributed by atoms with E-state index in [-0.39, 0.29) is 12.5 Å². The Morgan fingerprint density at radius 2 is 2.24 bits per heavy atom. The Hall–Kier alpha value is -2.02. The van der Waals surface area contributed by atoms with E-state index in [0.717, 1.165) is 16.9 Å². The van der Waals surface area contributed by atoms with Crippen molar-refractivity contribution >= 4 is 5.91 Å². The molecular formula is C13H16N2O2. The second kappa shape index (κ2) is 6.54. The van der Waals surface area contributed by atoms with Crippen molar-refractivity contribution in [2.24, 2.45) is 0 Å². The van der Waals surface area contributed by atoms with Gasteiger partial charge in [-0.15, -0.1) is 0 Å². The maximum Gasteiger partial charge on any atom is 0.257 e. The van der Waals surface area contributed by atoms with Gasteiger partial charge in [0.1, 0.15) is 5.75 Å². The second-order valence-corrected chi connectivity index (χ2v) is 3.74. The number of carbonyl (C=O) groups is 1. The summed E-state index contributed by atoms with van der Waals surface area (Å²) in [6, 6.07) is 7.69. The van der Waals surface area contributed by atoms with Gasteiger partial charge in [0, 0.05) is 6.54 Å². The summed E-state index contributed by atoms with van der Waals surface area (Å²) in [6.45, 7) is 4.30. The minimum Gasteiger partial charge on any atom is -0.483 e. The predicted octanol–water partition coefficient (Wildman–Crippen LogP) is 1.71. The first kappa shape index (κ1) is 13.0. The van der Waals surface area contributed by atoms with Crippen molar-refractivity contribution in [2.45, 2.75) is 20.3 Å². The third-order valence-electron chi connectivity index (χ3n) is 2.47. The lowest BCUT2D eigenvalue weighted by molar-refractivity contribution is -0.123. The molecule has 0 heterocycles. The van der Waals surface area contributed by atoms with Gasteiger partial charge in [-0.1, -0.05) is 12.1 Å². The smallest absolute Gasteiger partial charge is 0.257 e. The molecule has 0 saturated carbocycles. The molecule has 0 bridgehead atoms. The minimum absolute atomic E-state index is 0.0181. The average molecular weight is 232 g/mol. The highest BCUT2D eigenvalue weighted by Gasteiger charge is 2.05. The van der Waals surface area contributed by atoms with Crippen LogP contribution < -0.4 is 10.1 Å². The van der Waals surface area contributed by atoms with E-state index in [9.17, 15) is 4.79 Å². The fraction of sp³-hybridized carbons (Fsp3) is 0.385. The van der Waals surface area contributed by atoms with Gasteiger partial charge >= 0.3 is 0 Å². The predicted molar refractivity (Wildman–Crippen MR) is 64.7 cm³/mol. The van der Waals surface area contributed by atoms with Crippen LogP contribution in [-0.4, -0.2) is 19.1 Å². The Morgan fingerprint density at radius 3 is 2.94 bits per heavy atom. The quantitative estimate of drug-likeness (QED) is 0.786. The van der Waals surface area contributed by atoms with Gasteiger partial charge in [-0.3, -0.25) is 4.79 Å². The number of amides is 1. The van der Waals surface area contributed by atoms with Gasteiger partial charge in [0.15, 0.2) is 6.61 Å². The summed E-state index contributed by atoms with van der Waals surface area (Å²) < 4.78 is 5.42. The maximum absolute atomic E-state index is 11.3. The molecule has 0 fully saturated rings. The van der Waals surface area contributed by atoms with Crippen molar-refractivity contribution in [1.29, 1.82) is 5.26 Å². The lowest BCUT2D eigenvalue weighted by atomic mass is 10.1. The first-order valence-corrected chi connectivity index (χ1v) is 5.48. The number of ether oxygens (including phenoxy) is 1. The molecular weight excluding hydrogens is 216 g/mol. The third kappa shape index (κ3) is 4.15. The summed E-state index contributed by atoms with van der Waals surface area (Å²) >= 11 is 0. The summed E-state index contributed by atoms with van der Waals surface area (Å²) in [5, 5.41) is 10.9. The van der Waals surface area contributed by atoms with Crippen LogP contribution in [0.15, 0.2) is 18.2 Å². The van der Waals surface area contributed by atoms with Gasteiger partial charge in [0.2, 0.25) is 0 Å². The van der Waals surface area contributed by atoms with Crippen LogP contribution in [-0.2, 0) is 4.79 Å². The molecule has 17 heavy (non-hydrogen) atoms. The average Bonchev–Trinajstić information content (AvgIpc) is 2.31. The van der Waals surface area contributed by atoms with Gasteiger partial charge in [-0.05, 0) is 31.0 Å². The summed E-state index contributed by atoms with van der Waals surface area (Å²) in [5.74, 6) is 0.515. The van der Waals surface area contributed by atoms with Crippen LogP contribution in [0.4, 0.5) is 0 Å². The molecule has 1 rings (SSSR count). The number of benzene rings is 1. The Balaban J connectivity index is 2.43. The number of rotatable bonds is 5. The Bertz CT molecular complexity index is 436. The number of nitriles is 1. The zero-order valence-electron chi connectivity index (χ0n) is 10.1. The van der Waals surface area contributed by atoms with Crippen molar-refractivity contribution in [3.05, 3.63) is 29.3 Å². The van der Waals surface area contributed by atoms with Crippen LogP contribution in [0.1, 0.15) is 17.5 Å². The van der Waals surface area contributed by atoms with Gasteiger partial charge in [-0.25, -0.2) is 0 Å². The molecule has 0 radical (unpaired) electrons. The molecule has 0 aliphatic carbocycles. The number of nitrogens with zero attached hydrogens (tertiary/aromatic N) is 1. The number of hydrogen-bond acceptors (Lipinski definition) is 3. The molecule has 0 aliphatic heterocycles. The van der Waals surface area contributed by atoms with Gasteiger partial charge < -0.3 is 10.1 Å². The summed E-state index contributed by atoms with van der Waals surface area (Å²) in [4.78, 5) is 11.3. The van der Waals surface area contributed by atoms with E-state index >= 15 is 0 Å². The van der Waals surface area contributed by atoms with E-state index in [1.807, 2.05) is 38.1 Å². The molecule has 0 aromatic heterocycles. The Kier molecular flexibility index (Phi) is 5.02. The second-order valence-electron chi connectivity index (χ2n) is 3.74. The van der Waals surface area contributed by atoms with Gasteiger partial charge in [0.05, 0.1) is 12.5 Å². The number of hydrogen-bond donors (Lipinski definition) is 1. The minimum atomic E-state index is -0.207. The lowest BCUT2D eigenvalue weighted by Gasteiger charge is -2.10. The van der Waals surface area contributed by atoms with Crippen molar-refractivity contribution in [1.82, 2.24) is 5.32 Å². The van der Waals surface area contributed by atoms with Crippen molar-refractivity contribution in [3.8, 4) is 11.8 Å². The first-order chi connectivity index (χ1) is 8.15. The van der Waals surface area contributed by atoms with Crippen molar-refractivity contribution < 1.29 is 9.53 Å². The van der Waals surface area contributed by atoms with Crippen molar-refractivity contribution in [3.63, 3.8) is 0 Å². The highest BCUT2D eigenvalue weighted by Crippen LogP contribution is 2.20. The molecule has 1 aromatic carbocycles. The zero-order chi connectivity index (χ0) is 12.7. The molecule has 4 heteroatoms. The first-order valence-electron chi connectivity index (χ1n) is 5.48. The molecule has 1 N–H and O–H groups in total. The fourth-order valence-electron chi connectivity index (χ4n) is 1.33. The highest BCUT2D eigenvalue weighted by atomic mass is 16.5. The normalized spacial score (nSPS) is 9.47. The monoisotopic (exact) mass is 232 g/mol. The van der Waals surface area contributed by atoms with Crippen LogP contribution in [0, 0.1) is 25.2 Å². The number of aryl methyl sites for hydroxylation is 1. The largest absolute Gasteiger partial charge is 0.483 e. The molecule has 0 unspecified atom stereocenters. The highest BCUT2D eigenvalue weighted by molar-refractivity contribution is 5.77. The Morgan fingerprint density at radius 1 is 1.47 bits per heavy atom. The van der Waals surface area contributed by atoms with E-state index in [1.165, 1.54) is 0 Å². The van der Waals surface area contributed by atoms with E-state index in [0.29, 0.717) is 13.0 Å². The summed E-state index contributed by atoms with van der Waals surface area (Å²) in [6.07, 6.45) is 0.315. The molecule has 0 saturated heterocycles. The molecule has 0 atom stereocenters. The molecule has 1 amide bonds. The maximum atomic E-state index is 11.3. The fourth-order valence-corrected chi connectivity index (χ4v) is 1.33. The van der Waals surface area contributed by atoms with Crippen molar-refractivity contribution in [2.75, 3.05) is 13.2 Å². The van der Waals surface area contributed by atoms with Crippen LogP contribution in [0.2, 0.25) is 0 Å². The Labute approximate surface area is 101 Å². The summed E-state index contributed by atoms with van der Waals surface area (Å²) in [5.41, 5.74) is 2.17. The van der Waals surface area contributed by atoms with E-state index in [2.05, 4.69) is 5.32 Å². The van der Waals surface area contributed by atoms with Gasteiger partial charge in [0.25, 0.3) is 5.91 Å². The van der Waals surface area contributed by atoms with Gasteiger partial charge in [-0.2, -0.15) is 5.26 Å². The van der Waals surface area contributed by atoms with Crippen LogP contribution in [0.25, 0.3) is 0 Å². The molecule has 90 valence electrons. The van der Waals surface area contributed by atoms with E-state index in [4.69, 9.17) is 10.00 Å². The molecule has 0 spiro atoms. The van der Waals surface area contributed by atoms with Crippen LogP contribution in [0.3, 0.4) is 0 Å². The number of nitrogens with one attached hydrogen (secondary N) is 1. The molecule has 1 aromatic rings.